The van der Waals surface area contributed by atoms with Crippen molar-refractivity contribution in [2.45, 2.75) is 25.0 Å². The minimum atomic E-state index is -0.349. The number of terminal acetylenes is 1. The molecule has 18 heavy (non-hydrogen) atoms. The topological polar surface area (TPSA) is 29.5 Å². The summed E-state index contributed by atoms with van der Waals surface area (Å²) in [7, 11) is 0. The van der Waals surface area contributed by atoms with Crippen molar-refractivity contribution in [2.75, 3.05) is 6.54 Å². The number of fused-ring (bicyclic) bond motifs is 1. The highest BCUT2D eigenvalue weighted by Crippen LogP contribution is 2.50. The molecule has 2 saturated heterocycles. The van der Waals surface area contributed by atoms with Gasteiger partial charge in [-0.05, 0) is 24.3 Å². The molecule has 0 spiro atoms. The largest absolute Gasteiger partial charge is 0.445 e. The first kappa shape index (κ1) is 11.2. The fourth-order valence-electron chi connectivity index (χ4n) is 2.92. The van der Waals surface area contributed by atoms with Crippen molar-refractivity contribution in [3.05, 3.63) is 35.9 Å². The Hall–Kier alpha value is -1.95. The summed E-state index contributed by atoms with van der Waals surface area (Å²) in [6, 6.07) is 9.67. The molecule has 0 radical (unpaired) electrons. The van der Waals surface area contributed by atoms with Crippen LogP contribution in [0.25, 0.3) is 0 Å². The lowest BCUT2D eigenvalue weighted by Crippen LogP contribution is -2.47. The van der Waals surface area contributed by atoms with Crippen LogP contribution in [0.1, 0.15) is 18.4 Å². The number of rotatable bonds is 2. The normalized spacial score (nSPS) is 28.4. The SMILES string of the molecule is C#CC12CC(CN1C(=O)OCc1ccccc1)C2. The van der Waals surface area contributed by atoms with Gasteiger partial charge in [0.05, 0.1) is 0 Å². The Morgan fingerprint density at radius 3 is 2.83 bits per heavy atom. The van der Waals surface area contributed by atoms with Gasteiger partial charge >= 0.3 is 6.09 Å². The first-order valence-corrected chi connectivity index (χ1v) is 6.20. The maximum Gasteiger partial charge on any atom is 0.411 e. The fourth-order valence-corrected chi connectivity index (χ4v) is 2.92. The number of ether oxygens (including phenoxy) is 1. The van der Waals surface area contributed by atoms with E-state index in [9.17, 15) is 4.79 Å². The Morgan fingerprint density at radius 1 is 1.44 bits per heavy atom. The van der Waals surface area contributed by atoms with Gasteiger partial charge in [-0.3, -0.25) is 4.90 Å². The van der Waals surface area contributed by atoms with E-state index in [4.69, 9.17) is 11.2 Å². The van der Waals surface area contributed by atoms with Crippen LogP contribution in [-0.2, 0) is 11.3 Å². The van der Waals surface area contributed by atoms with E-state index in [1.54, 1.807) is 4.90 Å². The highest BCUT2D eigenvalue weighted by Gasteiger charge is 2.57. The van der Waals surface area contributed by atoms with Crippen LogP contribution in [-0.4, -0.2) is 23.1 Å². The van der Waals surface area contributed by atoms with E-state index in [2.05, 4.69) is 5.92 Å². The van der Waals surface area contributed by atoms with Crippen LogP contribution in [0.4, 0.5) is 4.79 Å². The average molecular weight is 241 g/mol. The van der Waals surface area contributed by atoms with Crippen LogP contribution < -0.4 is 0 Å². The van der Waals surface area contributed by atoms with Crippen molar-refractivity contribution >= 4 is 6.09 Å². The lowest BCUT2D eigenvalue weighted by atomic mass is 9.74. The molecule has 0 atom stereocenters. The molecular formula is C15H15NO2. The van der Waals surface area contributed by atoms with Gasteiger partial charge < -0.3 is 4.74 Å². The Labute approximate surface area is 107 Å². The average Bonchev–Trinajstić information content (AvgIpc) is 2.92. The molecule has 1 aliphatic carbocycles. The van der Waals surface area contributed by atoms with Gasteiger partial charge in [-0.25, -0.2) is 4.79 Å². The van der Waals surface area contributed by atoms with E-state index in [1.807, 2.05) is 30.3 Å². The smallest absolute Gasteiger partial charge is 0.411 e. The number of hydrogen-bond acceptors (Lipinski definition) is 2. The third kappa shape index (κ3) is 1.65. The van der Waals surface area contributed by atoms with Gasteiger partial charge in [0, 0.05) is 6.54 Å². The predicted octanol–water partition coefficient (Wildman–Crippen LogP) is 2.42. The second-order valence-electron chi connectivity index (χ2n) is 5.10. The molecule has 92 valence electrons. The molecule has 3 fully saturated rings. The number of nitrogens with zero attached hydrogens (tertiary/aromatic N) is 1. The van der Waals surface area contributed by atoms with Gasteiger partial charge in [0.2, 0.25) is 0 Å². The van der Waals surface area contributed by atoms with Crippen molar-refractivity contribution in [1.82, 2.24) is 4.90 Å². The van der Waals surface area contributed by atoms with E-state index >= 15 is 0 Å². The molecular weight excluding hydrogens is 226 g/mol. The third-order valence-electron chi connectivity index (χ3n) is 3.90. The predicted molar refractivity (Wildman–Crippen MR) is 67.6 cm³/mol. The van der Waals surface area contributed by atoms with Crippen LogP contribution in [0.5, 0.6) is 0 Å². The van der Waals surface area contributed by atoms with E-state index < -0.39 is 0 Å². The number of hydrogen-bond donors (Lipinski definition) is 0. The highest BCUT2D eigenvalue weighted by atomic mass is 16.6. The molecule has 4 rings (SSSR count). The van der Waals surface area contributed by atoms with Crippen molar-refractivity contribution in [3.63, 3.8) is 0 Å². The molecule has 1 amide bonds. The summed E-state index contributed by atoms with van der Waals surface area (Å²) in [5, 5.41) is 0. The molecule has 0 N–H and O–H groups in total. The van der Waals surface area contributed by atoms with E-state index in [0.717, 1.165) is 24.9 Å². The molecule has 1 aromatic carbocycles. The van der Waals surface area contributed by atoms with Gasteiger partial charge in [0.1, 0.15) is 12.1 Å². The van der Waals surface area contributed by atoms with Crippen molar-refractivity contribution in [1.29, 1.82) is 0 Å². The van der Waals surface area contributed by atoms with Crippen LogP contribution in [0.3, 0.4) is 0 Å². The summed E-state index contributed by atoms with van der Waals surface area (Å²) in [6.45, 7) is 1.05. The molecule has 0 unspecified atom stereocenters. The van der Waals surface area contributed by atoms with Crippen LogP contribution in [0.2, 0.25) is 0 Å². The Kier molecular flexibility index (Phi) is 2.52. The van der Waals surface area contributed by atoms with Gasteiger partial charge in [-0.15, -0.1) is 6.42 Å². The second-order valence-corrected chi connectivity index (χ2v) is 5.10. The Balaban J connectivity index is 1.62. The molecule has 3 nitrogen and oxygen atoms in total. The van der Waals surface area contributed by atoms with Gasteiger partial charge in [-0.2, -0.15) is 0 Å². The van der Waals surface area contributed by atoms with Gasteiger partial charge in [-0.1, -0.05) is 36.3 Å². The lowest BCUT2D eigenvalue weighted by Gasteiger charge is -2.36. The molecule has 2 heterocycles. The highest BCUT2D eigenvalue weighted by molar-refractivity contribution is 5.71. The minimum Gasteiger partial charge on any atom is -0.445 e. The van der Waals surface area contributed by atoms with Crippen molar-refractivity contribution in [2.24, 2.45) is 5.92 Å². The van der Waals surface area contributed by atoms with E-state index in [0.29, 0.717) is 12.5 Å². The molecule has 1 aromatic rings. The monoisotopic (exact) mass is 241 g/mol. The summed E-state index contributed by atoms with van der Waals surface area (Å²) < 4.78 is 5.33. The lowest BCUT2D eigenvalue weighted by molar-refractivity contribution is 0.0803. The molecule has 0 aromatic heterocycles. The number of amides is 1. The summed E-state index contributed by atoms with van der Waals surface area (Å²) in [5.41, 5.74) is 0.644. The maximum absolute atomic E-state index is 12.0. The fraction of sp³-hybridized carbons (Fsp3) is 0.400. The quantitative estimate of drug-likeness (QED) is 0.744. The zero-order valence-corrected chi connectivity index (χ0v) is 10.1. The van der Waals surface area contributed by atoms with Crippen LogP contribution in [0, 0.1) is 18.3 Å². The standard InChI is InChI=1S/C15H15NO2/c1-2-15-8-13(9-15)10-16(15)14(17)18-11-12-6-4-3-5-7-12/h1,3-7,13H,8-11H2. The molecule has 3 aliphatic rings. The number of benzene rings is 1. The molecule has 1 saturated carbocycles. The summed E-state index contributed by atoms with van der Waals surface area (Å²) in [4.78, 5) is 13.8. The number of carbonyl (C=O) groups is 1. The first-order chi connectivity index (χ1) is 8.73. The Bertz CT molecular complexity index is 497. The van der Waals surface area contributed by atoms with E-state index in [1.165, 1.54) is 0 Å². The number of carbonyl (C=O) groups excluding carboxylic acids is 1. The third-order valence-corrected chi connectivity index (χ3v) is 3.90. The van der Waals surface area contributed by atoms with Crippen molar-refractivity contribution in [3.8, 4) is 12.3 Å². The van der Waals surface area contributed by atoms with E-state index in [-0.39, 0.29) is 11.6 Å². The molecule has 2 bridgehead atoms. The van der Waals surface area contributed by atoms with Crippen molar-refractivity contribution < 1.29 is 9.53 Å². The first-order valence-electron chi connectivity index (χ1n) is 6.20. The molecule has 3 heteroatoms. The summed E-state index contributed by atoms with van der Waals surface area (Å²) in [5.74, 6) is 3.33. The van der Waals surface area contributed by atoms with Gasteiger partial charge in [0.15, 0.2) is 0 Å². The van der Waals surface area contributed by atoms with Gasteiger partial charge in [0.25, 0.3) is 0 Å². The Morgan fingerprint density at radius 2 is 2.17 bits per heavy atom. The maximum atomic E-state index is 12.0. The van der Waals surface area contributed by atoms with Crippen LogP contribution >= 0.6 is 0 Å². The minimum absolute atomic E-state index is 0.281. The summed E-state index contributed by atoms with van der Waals surface area (Å²) in [6.07, 6.45) is 7.13. The van der Waals surface area contributed by atoms with Crippen LogP contribution in [0.15, 0.2) is 30.3 Å². The second kappa shape index (κ2) is 4.06. The molecule has 2 aliphatic heterocycles. The summed E-state index contributed by atoms with van der Waals surface area (Å²) >= 11 is 0. The zero-order valence-electron chi connectivity index (χ0n) is 10.1. The zero-order chi connectivity index (χ0) is 12.6.